The molecule has 0 heterocycles. The summed E-state index contributed by atoms with van der Waals surface area (Å²) in [6, 6.07) is 6.28. The van der Waals surface area contributed by atoms with Crippen molar-refractivity contribution >= 4 is 11.6 Å². The van der Waals surface area contributed by atoms with Crippen molar-refractivity contribution in [1.29, 1.82) is 0 Å². The molecule has 2 unspecified atom stereocenters. The molecule has 0 aliphatic rings. The van der Waals surface area contributed by atoms with Crippen molar-refractivity contribution in [2.45, 2.75) is 26.0 Å². The van der Waals surface area contributed by atoms with Crippen LogP contribution >= 0.6 is 11.6 Å². The molecule has 0 spiro atoms. The zero-order valence-corrected chi connectivity index (χ0v) is 10.4. The highest BCUT2D eigenvalue weighted by atomic mass is 35.5. The summed E-state index contributed by atoms with van der Waals surface area (Å²) in [5.74, 6) is 0. The lowest BCUT2D eigenvalue weighted by atomic mass is 10.0. The fourth-order valence-corrected chi connectivity index (χ4v) is 1.80. The maximum atomic E-state index is 6.09. The predicted octanol–water partition coefficient (Wildman–Crippen LogP) is 2.94. The minimum absolute atomic E-state index is 0.119. The standard InChI is InChI=1S/C12H18ClNO/c1-8-5-6-10(7-11(8)13)12(14-3)9(2)15-4/h5-7,9,12,14H,1-4H3. The van der Waals surface area contributed by atoms with E-state index in [1.165, 1.54) is 0 Å². The summed E-state index contributed by atoms with van der Waals surface area (Å²) in [6.07, 6.45) is 0.119. The number of aryl methyl sites for hydroxylation is 1. The number of hydrogen-bond acceptors (Lipinski definition) is 2. The van der Waals surface area contributed by atoms with Gasteiger partial charge in [-0.1, -0.05) is 23.7 Å². The van der Waals surface area contributed by atoms with Gasteiger partial charge >= 0.3 is 0 Å². The minimum atomic E-state index is 0.119. The van der Waals surface area contributed by atoms with Crippen molar-refractivity contribution in [2.75, 3.05) is 14.2 Å². The van der Waals surface area contributed by atoms with Crippen LogP contribution in [0, 0.1) is 6.92 Å². The summed E-state index contributed by atoms with van der Waals surface area (Å²) in [4.78, 5) is 0. The number of methoxy groups -OCH3 is 1. The van der Waals surface area contributed by atoms with Crippen LogP contribution in [0.4, 0.5) is 0 Å². The Labute approximate surface area is 96.6 Å². The van der Waals surface area contributed by atoms with Gasteiger partial charge in [0.05, 0.1) is 12.1 Å². The molecule has 0 aliphatic carbocycles. The van der Waals surface area contributed by atoms with E-state index in [2.05, 4.69) is 11.4 Å². The molecular formula is C12H18ClNO. The van der Waals surface area contributed by atoms with Gasteiger partial charge in [-0.25, -0.2) is 0 Å². The van der Waals surface area contributed by atoms with Gasteiger partial charge in [-0.05, 0) is 38.1 Å². The summed E-state index contributed by atoms with van der Waals surface area (Å²) in [6.45, 7) is 4.04. The van der Waals surface area contributed by atoms with Crippen LogP contribution in [0.3, 0.4) is 0 Å². The number of ether oxygens (including phenoxy) is 1. The van der Waals surface area contributed by atoms with E-state index >= 15 is 0 Å². The maximum absolute atomic E-state index is 6.09. The molecule has 1 N–H and O–H groups in total. The van der Waals surface area contributed by atoms with Crippen molar-refractivity contribution in [3.8, 4) is 0 Å². The van der Waals surface area contributed by atoms with Crippen LogP contribution in [0.15, 0.2) is 18.2 Å². The van der Waals surface area contributed by atoms with Gasteiger partial charge in [-0.2, -0.15) is 0 Å². The fraction of sp³-hybridized carbons (Fsp3) is 0.500. The first kappa shape index (κ1) is 12.5. The minimum Gasteiger partial charge on any atom is -0.380 e. The SMILES string of the molecule is CNC(c1ccc(C)c(Cl)c1)C(C)OC. The van der Waals surface area contributed by atoms with Crippen LogP contribution in [-0.2, 0) is 4.74 Å². The van der Waals surface area contributed by atoms with Crippen molar-refractivity contribution in [3.63, 3.8) is 0 Å². The van der Waals surface area contributed by atoms with Crippen molar-refractivity contribution in [3.05, 3.63) is 34.3 Å². The molecule has 3 heteroatoms. The average molecular weight is 228 g/mol. The second-order valence-corrected chi connectivity index (χ2v) is 4.12. The predicted molar refractivity (Wildman–Crippen MR) is 64.5 cm³/mol. The van der Waals surface area contributed by atoms with E-state index in [1.807, 2.05) is 33.0 Å². The molecule has 0 bridgehead atoms. The van der Waals surface area contributed by atoms with Gasteiger partial charge in [0.1, 0.15) is 0 Å². The molecule has 15 heavy (non-hydrogen) atoms. The van der Waals surface area contributed by atoms with Crippen molar-refractivity contribution < 1.29 is 4.74 Å². The Morgan fingerprint density at radius 1 is 1.40 bits per heavy atom. The van der Waals surface area contributed by atoms with Crippen LogP contribution in [0.2, 0.25) is 5.02 Å². The molecule has 1 aromatic carbocycles. The largest absolute Gasteiger partial charge is 0.380 e. The first-order valence-electron chi connectivity index (χ1n) is 5.06. The van der Waals surface area contributed by atoms with Crippen LogP contribution < -0.4 is 5.32 Å². The Bertz CT molecular complexity index is 327. The lowest BCUT2D eigenvalue weighted by Gasteiger charge is -2.23. The van der Waals surface area contributed by atoms with E-state index in [4.69, 9.17) is 16.3 Å². The van der Waals surface area contributed by atoms with Crippen molar-refractivity contribution in [2.24, 2.45) is 0 Å². The average Bonchev–Trinajstić information content (AvgIpc) is 2.24. The molecular weight excluding hydrogens is 210 g/mol. The van der Waals surface area contributed by atoms with Gasteiger partial charge in [0, 0.05) is 12.1 Å². The van der Waals surface area contributed by atoms with Gasteiger partial charge < -0.3 is 10.1 Å². The fourth-order valence-electron chi connectivity index (χ4n) is 1.61. The number of benzene rings is 1. The zero-order valence-electron chi connectivity index (χ0n) is 9.67. The number of likely N-dealkylation sites (N-methyl/N-ethyl adjacent to an activating group) is 1. The van der Waals surface area contributed by atoms with Gasteiger partial charge in [0.25, 0.3) is 0 Å². The smallest absolute Gasteiger partial charge is 0.0737 e. The Morgan fingerprint density at radius 3 is 2.53 bits per heavy atom. The Balaban J connectivity index is 2.97. The van der Waals surface area contributed by atoms with Gasteiger partial charge in [-0.3, -0.25) is 0 Å². The molecule has 0 radical (unpaired) electrons. The van der Waals surface area contributed by atoms with Crippen LogP contribution in [0.25, 0.3) is 0 Å². The van der Waals surface area contributed by atoms with Gasteiger partial charge in [0.2, 0.25) is 0 Å². The third-order valence-electron chi connectivity index (χ3n) is 2.71. The molecule has 84 valence electrons. The van der Waals surface area contributed by atoms with Crippen LogP contribution in [0.1, 0.15) is 24.1 Å². The summed E-state index contributed by atoms with van der Waals surface area (Å²) < 4.78 is 5.32. The first-order chi connectivity index (χ1) is 7.10. The molecule has 0 saturated heterocycles. The van der Waals surface area contributed by atoms with E-state index in [0.717, 1.165) is 16.1 Å². The highest BCUT2D eigenvalue weighted by Gasteiger charge is 2.17. The zero-order chi connectivity index (χ0) is 11.4. The maximum Gasteiger partial charge on any atom is 0.0737 e. The Hall–Kier alpha value is -0.570. The highest BCUT2D eigenvalue weighted by Crippen LogP contribution is 2.24. The van der Waals surface area contributed by atoms with E-state index < -0.39 is 0 Å². The molecule has 0 amide bonds. The van der Waals surface area contributed by atoms with E-state index in [1.54, 1.807) is 7.11 Å². The molecule has 0 aromatic heterocycles. The lowest BCUT2D eigenvalue weighted by Crippen LogP contribution is -2.28. The number of nitrogens with one attached hydrogen (secondary N) is 1. The second kappa shape index (κ2) is 5.50. The summed E-state index contributed by atoms with van der Waals surface area (Å²) in [5, 5.41) is 4.03. The van der Waals surface area contributed by atoms with E-state index in [0.29, 0.717) is 0 Å². The van der Waals surface area contributed by atoms with Crippen LogP contribution in [0.5, 0.6) is 0 Å². The first-order valence-corrected chi connectivity index (χ1v) is 5.44. The van der Waals surface area contributed by atoms with Gasteiger partial charge in [-0.15, -0.1) is 0 Å². The number of halogens is 1. The van der Waals surface area contributed by atoms with E-state index in [-0.39, 0.29) is 12.1 Å². The normalized spacial score (nSPS) is 15.0. The monoisotopic (exact) mass is 227 g/mol. The third kappa shape index (κ3) is 2.94. The Morgan fingerprint density at radius 2 is 2.07 bits per heavy atom. The number of hydrogen-bond donors (Lipinski definition) is 1. The molecule has 1 rings (SSSR count). The molecule has 2 nitrogen and oxygen atoms in total. The molecule has 0 aliphatic heterocycles. The second-order valence-electron chi connectivity index (χ2n) is 3.72. The third-order valence-corrected chi connectivity index (χ3v) is 3.11. The van der Waals surface area contributed by atoms with E-state index in [9.17, 15) is 0 Å². The quantitative estimate of drug-likeness (QED) is 0.854. The van der Waals surface area contributed by atoms with Crippen molar-refractivity contribution in [1.82, 2.24) is 5.32 Å². The Kier molecular flexibility index (Phi) is 4.58. The summed E-state index contributed by atoms with van der Waals surface area (Å²) in [5.41, 5.74) is 2.25. The van der Waals surface area contributed by atoms with Gasteiger partial charge in [0.15, 0.2) is 0 Å². The molecule has 0 fully saturated rings. The van der Waals surface area contributed by atoms with Crippen LogP contribution in [-0.4, -0.2) is 20.3 Å². The molecule has 0 saturated carbocycles. The highest BCUT2D eigenvalue weighted by molar-refractivity contribution is 6.31. The number of rotatable bonds is 4. The topological polar surface area (TPSA) is 21.3 Å². The summed E-state index contributed by atoms with van der Waals surface area (Å²) in [7, 11) is 3.64. The summed E-state index contributed by atoms with van der Waals surface area (Å²) >= 11 is 6.09. The lowest BCUT2D eigenvalue weighted by molar-refractivity contribution is 0.0857. The molecule has 1 aromatic rings. The molecule has 2 atom stereocenters.